The second-order valence-corrected chi connectivity index (χ2v) is 9.31. The van der Waals surface area contributed by atoms with Crippen LogP contribution in [0.15, 0.2) is 0 Å². The van der Waals surface area contributed by atoms with Crippen LogP contribution in [0.4, 0.5) is 0 Å². The van der Waals surface area contributed by atoms with Crippen molar-refractivity contribution in [3.05, 3.63) is 0 Å². The molecule has 0 radical (unpaired) electrons. The van der Waals surface area contributed by atoms with Crippen molar-refractivity contribution in [3.8, 4) is 0 Å². The first-order valence-corrected chi connectivity index (χ1v) is 11.9. The monoisotopic (exact) mass is 486 g/mol. The van der Waals surface area contributed by atoms with Gasteiger partial charge in [-0.2, -0.15) is 0 Å². The van der Waals surface area contributed by atoms with E-state index in [9.17, 15) is 29.1 Å². The molecule has 0 saturated heterocycles. The van der Waals surface area contributed by atoms with Gasteiger partial charge in [0.25, 0.3) is 0 Å². The third-order valence-electron chi connectivity index (χ3n) is 5.95. The van der Waals surface area contributed by atoms with E-state index in [-0.39, 0.29) is 30.6 Å². The van der Waals surface area contributed by atoms with E-state index in [0.29, 0.717) is 12.8 Å². The topological polar surface area (TPSA) is 188 Å². The van der Waals surface area contributed by atoms with Gasteiger partial charge in [0.05, 0.1) is 6.04 Å². The SMILES string of the molecule is CCC(C)C(N)C(=O)NC(C(=O)NC(CC(C)C)C(=O)NC(CCC(=O)O)C(=O)O)C(C)CC. The van der Waals surface area contributed by atoms with Gasteiger partial charge in [-0.05, 0) is 30.6 Å². The minimum absolute atomic E-state index is 0.0196. The van der Waals surface area contributed by atoms with Crippen molar-refractivity contribution in [1.82, 2.24) is 16.0 Å². The number of amides is 3. The highest BCUT2D eigenvalue weighted by Crippen LogP contribution is 2.13. The summed E-state index contributed by atoms with van der Waals surface area (Å²) in [5.74, 6) is -4.67. The van der Waals surface area contributed by atoms with E-state index in [0.717, 1.165) is 0 Å². The third kappa shape index (κ3) is 11.0. The molecule has 6 unspecified atom stereocenters. The molecule has 0 rings (SSSR count). The number of carbonyl (C=O) groups is 5. The summed E-state index contributed by atoms with van der Waals surface area (Å²) in [4.78, 5) is 60.9. The average Bonchev–Trinajstić information content (AvgIpc) is 2.76. The molecule has 0 spiro atoms. The highest BCUT2D eigenvalue weighted by Gasteiger charge is 2.33. The maximum atomic E-state index is 13.1. The number of carbonyl (C=O) groups excluding carboxylic acids is 3. The molecule has 11 heteroatoms. The summed E-state index contributed by atoms with van der Waals surface area (Å²) in [5.41, 5.74) is 6.00. The van der Waals surface area contributed by atoms with Crippen molar-refractivity contribution >= 4 is 29.7 Å². The van der Waals surface area contributed by atoms with Crippen LogP contribution in [0, 0.1) is 17.8 Å². The number of nitrogens with two attached hydrogens (primary N) is 1. The molecule has 0 aliphatic rings. The van der Waals surface area contributed by atoms with E-state index >= 15 is 0 Å². The maximum Gasteiger partial charge on any atom is 0.326 e. The van der Waals surface area contributed by atoms with Crippen molar-refractivity contribution in [2.75, 3.05) is 0 Å². The lowest BCUT2D eigenvalue weighted by Gasteiger charge is -2.29. The summed E-state index contributed by atoms with van der Waals surface area (Å²) in [6.45, 7) is 11.1. The van der Waals surface area contributed by atoms with Crippen LogP contribution in [0.3, 0.4) is 0 Å². The standard InChI is InChI=1S/C23H42N4O7/c1-7-13(5)18(24)21(31)27-19(14(6)8-2)22(32)26-16(11-12(3)4)20(30)25-15(23(33)34)9-10-17(28)29/h12-16,18-19H,7-11,24H2,1-6H3,(H,25,30)(H,26,32)(H,27,31)(H,28,29)(H,33,34). The van der Waals surface area contributed by atoms with Crippen molar-refractivity contribution in [2.45, 2.75) is 97.8 Å². The summed E-state index contributed by atoms with van der Waals surface area (Å²) in [6, 6.07) is -4.19. The predicted molar refractivity (Wildman–Crippen MR) is 127 cm³/mol. The molecule has 0 fully saturated rings. The van der Waals surface area contributed by atoms with Gasteiger partial charge >= 0.3 is 11.9 Å². The normalized spacial score (nSPS) is 16.5. The van der Waals surface area contributed by atoms with Gasteiger partial charge in [0.1, 0.15) is 18.1 Å². The third-order valence-corrected chi connectivity index (χ3v) is 5.95. The maximum absolute atomic E-state index is 13.1. The molecule has 7 N–H and O–H groups in total. The Balaban J connectivity index is 5.59. The molecule has 0 aromatic carbocycles. The molecule has 6 atom stereocenters. The molecule has 0 aliphatic heterocycles. The van der Waals surface area contributed by atoms with Crippen LogP contribution < -0.4 is 21.7 Å². The predicted octanol–water partition coefficient (Wildman–Crippen LogP) is 0.856. The van der Waals surface area contributed by atoms with Crippen LogP contribution in [0.25, 0.3) is 0 Å². The van der Waals surface area contributed by atoms with Gasteiger partial charge in [0.2, 0.25) is 17.7 Å². The van der Waals surface area contributed by atoms with E-state index in [2.05, 4.69) is 16.0 Å². The highest BCUT2D eigenvalue weighted by atomic mass is 16.4. The van der Waals surface area contributed by atoms with Crippen LogP contribution in [-0.2, 0) is 24.0 Å². The largest absolute Gasteiger partial charge is 0.481 e. The van der Waals surface area contributed by atoms with Gasteiger partial charge in [-0.3, -0.25) is 19.2 Å². The zero-order chi connectivity index (χ0) is 26.6. The summed E-state index contributed by atoms with van der Waals surface area (Å²) in [6.07, 6.45) is 0.761. The average molecular weight is 487 g/mol. The first kappa shape index (κ1) is 31.3. The van der Waals surface area contributed by atoms with Crippen molar-refractivity contribution in [3.63, 3.8) is 0 Å². The van der Waals surface area contributed by atoms with E-state index in [1.807, 2.05) is 34.6 Å². The summed E-state index contributed by atoms with van der Waals surface area (Å²) in [7, 11) is 0. The zero-order valence-electron chi connectivity index (χ0n) is 21.1. The van der Waals surface area contributed by atoms with Crippen LogP contribution >= 0.6 is 0 Å². The van der Waals surface area contributed by atoms with E-state index in [1.54, 1.807) is 6.92 Å². The molecule has 0 aromatic heterocycles. The Hall–Kier alpha value is -2.69. The Morgan fingerprint density at radius 2 is 1.29 bits per heavy atom. The van der Waals surface area contributed by atoms with Crippen LogP contribution in [0.5, 0.6) is 0 Å². The van der Waals surface area contributed by atoms with E-state index in [1.165, 1.54) is 0 Å². The minimum Gasteiger partial charge on any atom is -0.481 e. The molecule has 196 valence electrons. The molecule has 0 aliphatic carbocycles. The molecule has 34 heavy (non-hydrogen) atoms. The van der Waals surface area contributed by atoms with Gasteiger partial charge in [-0.15, -0.1) is 0 Å². The molecule has 0 heterocycles. The van der Waals surface area contributed by atoms with Crippen LogP contribution in [0.1, 0.15) is 73.6 Å². The quantitative estimate of drug-likeness (QED) is 0.185. The summed E-state index contributed by atoms with van der Waals surface area (Å²) < 4.78 is 0. The lowest BCUT2D eigenvalue weighted by atomic mass is 9.94. The zero-order valence-corrected chi connectivity index (χ0v) is 21.1. The van der Waals surface area contributed by atoms with E-state index in [4.69, 9.17) is 10.8 Å². The Labute approximate surface area is 201 Å². The fourth-order valence-corrected chi connectivity index (χ4v) is 3.23. The Morgan fingerprint density at radius 3 is 1.74 bits per heavy atom. The molecule has 0 aromatic rings. The Bertz CT molecular complexity index is 713. The Kier molecular flexibility index (Phi) is 14.1. The summed E-state index contributed by atoms with van der Waals surface area (Å²) in [5, 5.41) is 25.8. The van der Waals surface area contributed by atoms with Gasteiger partial charge in [-0.1, -0.05) is 54.4 Å². The minimum atomic E-state index is -1.41. The van der Waals surface area contributed by atoms with E-state index < -0.39 is 60.2 Å². The lowest BCUT2D eigenvalue weighted by molar-refractivity contribution is -0.143. The van der Waals surface area contributed by atoms with Crippen molar-refractivity contribution < 1.29 is 34.2 Å². The smallest absolute Gasteiger partial charge is 0.326 e. The van der Waals surface area contributed by atoms with Gasteiger partial charge in [-0.25, -0.2) is 4.79 Å². The second kappa shape index (κ2) is 15.3. The fraction of sp³-hybridized carbons (Fsp3) is 0.783. The number of hydrogen-bond donors (Lipinski definition) is 6. The number of nitrogens with one attached hydrogen (secondary N) is 3. The molecule has 3 amide bonds. The number of rotatable bonds is 16. The fourth-order valence-electron chi connectivity index (χ4n) is 3.23. The molecule has 11 nitrogen and oxygen atoms in total. The number of carboxylic acid groups (broad SMARTS) is 2. The van der Waals surface area contributed by atoms with Crippen molar-refractivity contribution in [1.29, 1.82) is 0 Å². The Morgan fingerprint density at radius 1 is 0.765 bits per heavy atom. The first-order valence-electron chi connectivity index (χ1n) is 11.9. The highest BCUT2D eigenvalue weighted by molar-refractivity contribution is 5.94. The second-order valence-electron chi connectivity index (χ2n) is 9.31. The molecular formula is C23H42N4O7. The number of hydrogen-bond acceptors (Lipinski definition) is 6. The van der Waals surface area contributed by atoms with Gasteiger partial charge in [0.15, 0.2) is 0 Å². The van der Waals surface area contributed by atoms with Crippen molar-refractivity contribution in [2.24, 2.45) is 23.5 Å². The van der Waals surface area contributed by atoms with Gasteiger partial charge < -0.3 is 31.9 Å². The first-order chi connectivity index (χ1) is 15.7. The van der Waals surface area contributed by atoms with Crippen LogP contribution in [-0.4, -0.2) is 64.0 Å². The molecular weight excluding hydrogens is 444 g/mol. The van der Waals surface area contributed by atoms with Gasteiger partial charge in [0, 0.05) is 6.42 Å². The number of carboxylic acids is 2. The lowest BCUT2D eigenvalue weighted by Crippen LogP contribution is -2.59. The number of aliphatic carboxylic acids is 2. The summed E-state index contributed by atoms with van der Waals surface area (Å²) >= 11 is 0. The molecule has 0 bridgehead atoms. The molecule has 0 saturated carbocycles. The van der Waals surface area contributed by atoms with Crippen LogP contribution in [0.2, 0.25) is 0 Å².